The molecule has 0 fully saturated rings. The van der Waals surface area contributed by atoms with Crippen LogP contribution in [0, 0.1) is 10.1 Å². The lowest BCUT2D eigenvalue weighted by Crippen LogP contribution is -1.94. The van der Waals surface area contributed by atoms with E-state index in [9.17, 15) is 10.1 Å². The third kappa shape index (κ3) is 2.17. The molecule has 16 heavy (non-hydrogen) atoms. The molecule has 2 heterocycles. The molecule has 0 radical (unpaired) electrons. The summed E-state index contributed by atoms with van der Waals surface area (Å²) >= 11 is 2.50. The van der Waals surface area contributed by atoms with Crippen LogP contribution in [0.2, 0.25) is 0 Å². The number of aromatic nitrogens is 2. The average Bonchev–Trinajstić information content (AvgIpc) is 2.84. The van der Waals surface area contributed by atoms with E-state index in [-0.39, 0.29) is 5.00 Å². The molecule has 0 bridgehead atoms. The van der Waals surface area contributed by atoms with Crippen LogP contribution in [0.15, 0.2) is 12.1 Å². The van der Waals surface area contributed by atoms with Crippen LogP contribution < -0.4 is 5.32 Å². The number of nitrogens with one attached hydrogen (secondary N) is 1. The van der Waals surface area contributed by atoms with Crippen LogP contribution in [0.3, 0.4) is 0 Å². The maximum Gasteiger partial charge on any atom is 0.324 e. The van der Waals surface area contributed by atoms with Gasteiger partial charge in [-0.1, -0.05) is 22.7 Å². The van der Waals surface area contributed by atoms with Gasteiger partial charge in [-0.25, -0.2) is 0 Å². The second kappa shape index (κ2) is 4.54. The molecule has 0 saturated heterocycles. The number of rotatable bonds is 4. The molecule has 6 nitrogen and oxygen atoms in total. The zero-order valence-electron chi connectivity index (χ0n) is 8.34. The highest BCUT2D eigenvalue weighted by molar-refractivity contribution is 7.24. The van der Waals surface area contributed by atoms with Crippen molar-refractivity contribution in [3.63, 3.8) is 0 Å². The van der Waals surface area contributed by atoms with Crippen LogP contribution in [0.1, 0.15) is 6.92 Å². The molecule has 0 aliphatic carbocycles. The largest absolute Gasteiger partial charge is 0.360 e. The van der Waals surface area contributed by atoms with Crippen LogP contribution >= 0.6 is 22.7 Å². The van der Waals surface area contributed by atoms with Gasteiger partial charge in [0.15, 0.2) is 5.01 Å². The van der Waals surface area contributed by atoms with Crippen molar-refractivity contribution in [2.24, 2.45) is 0 Å². The number of nitro groups is 1. The highest BCUT2D eigenvalue weighted by Crippen LogP contribution is 2.35. The van der Waals surface area contributed by atoms with E-state index in [1.165, 1.54) is 17.4 Å². The lowest BCUT2D eigenvalue weighted by atomic mass is 10.5. The Bertz CT molecular complexity index is 508. The van der Waals surface area contributed by atoms with Crippen molar-refractivity contribution in [1.29, 1.82) is 0 Å². The number of anilines is 1. The quantitative estimate of drug-likeness (QED) is 0.671. The van der Waals surface area contributed by atoms with Crippen molar-refractivity contribution in [3.8, 4) is 9.88 Å². The molecule has 0 aromatic carbocycles. The Labute approximate surface area is 99.1 Å². The van der Waals surface area contributed by atoms with E-state index in [4.69, 9.17) is 0 Å². The molecule has 0 saturated carbocycles. The summed E-state index contributed by atoms with van der Waals surface area (Å²) < 4.78 is 0. The first-order valence-corrected chi connectivity index (χ1v) is 6.16. The fraction of sp³-hybridized carbons (Fsp3) is 0.250. The van der Waals surface area contributed by atoms with Crippen molar-refractivity contribution in [2.75, 3.05) is 11.9 Å². The predicted octanol–water partition coefficient (Wildman–Crippen LogP) is 2.61. The summed E-state index contributed by atoms with van der Waals surface area (Å²) in [7, 11) is 0. The van der Waals surface area contributed by atoms with Crippen molar-refractivity contribution in [2.45, 2.75) is 6.92 Å². The molecule has 2 rings (SSSR count). The molecule has 0 spiro atoms. The molecule has 0 unspecified atom stereocenters. The number of thiophene rings is 1. The smallest absolute Gasteiger partial charge is 0.324 e. The molecule has 1 N–H and O–H groups in total. The minimum atomic E-state index is -0.402. The third-order valence-electron chi connectivity index (χ3n) is 1.74. The second-order valence-corrected chi connectivity index (χ2v) is 4.88. The van der Waals surface area contributed by atoms with Gasteiger partial charge in [0.2, 0.25) is 5.13 Å². The van der Waals surface area contributed by atoms with Gasteiger partial charge < -0.3 is 5.32 Å². The van der Waals surface area contributed by atoms with Crippen LogP contribution in [-0.4, -0.2) is 21.7 Å². The number of nitrogens with zero attached hydrogens (tertiary/aromatic N) is 3. The molecular formula is C8H8N4O2S2. The maximum atomic E-state index is 10.5. The first-order chi connectivity index (χ1) is 7.70. The molecule has 2 aromatic heterocycles. The van der Waals surface area contributed by atoms with Gasteiger partial charge in [-0.3, -0.25) is 10.1 Å². The fourth-order valence-corrected chi connectivity index (χ4v) is 2.77. The predicted molar refractivity (Wildman–Crippen MR) is 64.0 cm³/mol. The van der Waals surface area contributed by atoms with E-state index in [0.29, 0.717) is 5.01 Å². The lowest BCUT2D eigenvalue weighted by Gasteiger charge is -1.91. The lowest BCUT2D eigenvalue weighted by molar-refractivity contribution is -0.380. The summed E-state index contributed by atoms with van der Waals surface area (Å²) in [4.78, 5) is 10.9. The van der Waals surface area contributed by atoms with E-state index in [1.54, 1.807) is 6.07 Å². The molecule has 0 atom stereocenters. The minimum absolute atomic E-state index is 0.121. The van der Waals surface area contributed by atoms with Crippen LogP contribution in [-0.2, 0) is 0 Å². The average molecular weight is 256 g/mol. The SMILES string of the molecule is CCNc1nnc(-c2ccc([N+](=O)[O-])s2)s1. The van der Waals surface area contributed by atoms with Gasteiger partial charge in [-0.05, 0) is 13.0 Å². The Morgan fingerprint density at radius 1 is 1.44 bits per heavy atom. The van der Waals surface area contributed by atoms with E-state index in [1.807, 2.05) is 6.92 Å². The van der Waals surface area contributed by atoms with Crippen LogP contribution in [0.5, 0.6) is 0 Å². The summed E-state index contributed by atoms with van der Waals surface area (Å²) in [6.45, 7) is 2.75. The zero-order valence-corrected chi connectivity index (χ0v) is 9.97. The fourth-order valence-electron chi connectivity index (χ4n) is 1.09. The highest BCUT2D eigenvalue weighted by Gasteiger charge is 2.14. The Hall–Kier alpha value is -1.54. The van der Waals surface area contributed by atoms with E-state index in [0.717, 1.165) is 27.9 Å². The van der Waals surface area contributed by atoms with Crippen molar-refractivity contribution in [1.82, 2.24) is 10.2 Å². The van der Waals surface area contributed by atoms with E-state index < -0.39 is 4.92 Å². The summed E-state index contributed by atoms with van der Waals surface area (Å²) in [5, 5.41) is 23.0. The van der Waals surface area contributed by atoms with Crippen LogP contribution in [0.4, 0.5) is 10.1 Å². The molecule has 0 amide bonds. The molecule has 0 aliphatic heterocycles. The number of hydrogen-bond acceptors (Lipinski definition) is 7. The molecule has 2 aromatic rings. The Morgan fingerprint density at radius 2 is 2.25 bits per heavy atom. The topological polar surface area (TPSA) is 81.0 Å². The Morgan fingerprint density at radius 3 is 2.88 bits per heavy atom. The second-order valence-electron chi connectivity index (χ2n) is 2.84. The monoisotopic (exact) mass is 256 g/mol. The van der Waals surface area contributed by atoms with Crippen LogP contribution in [0.25, 0.3) is 9.88 Å². The van der Waals surface area contributed by atoms with Gasteiger partial charge in [0.25, 0.3) is 0 Å². The third-order valence-corrected chi connectivity index (χ3v) is 3.82. The molecular weight excluding hydrogens is 248 g/mol. The van der Waals surface area contributed by atoms with E-state index in [2.05, 4.69) is 15.5 Å². The summed E-state index contributed by atoms with van der Waals surface area (Å²) in [5.41, 5.74) is 0. The summed E-state index contributed by atoms with van der Waals surface area (Å²) in [6.07, 6.45) is 0. The van der Waals surface area contributed by atoms with Gasteiger partial charge in [-0.15, -0.1) is 10.2 Å². The first kappa shape index (κ1) is 11.0. The number of hydrogen-bond donors (Lipinski definition) is 1. The van der Waals surface area contributed by atoms with Gasteiger partial charge in [0.1, 0.15) is 0 Å². The normalized spacial score (nSPS) is 10.3. The molecule has 0 aliphatic rings. The highest BCUT2D eigenvalue weighted by atomic mass is 32.1. The van der Waals surface area contributed by atoms with Gasteiger partial charge in [-0.2, -0.15) is 0 Å². The Kier molecular flexibility index (Phi) is 3.11. The van der Waals surface area contributed by atoms with Gasteiger partial charge in [0, 0.05) is 12.6 Å². The zero-order chi connectivity index (χ0) is 11.5. The van der Waals surface area contributed by atoms with Crippen molar-refractivity contribution in [3.05, 3.63) is 22.2 Å². The molecule has 84 valence electrons. The van der Waals surface area contributed by atoms with Gasteiger partial charge in [0.05, 0.1) is 9.80 Å². The van der Waals surface area contributed by atoms with Crippen molar-refractivity contribution < 1.29 is 4.92 Å². The van der Waals surface area contributed by atoms with Crippen molar-refractivity contribution >= 4 is 32.8 Å². The maximum absolute atomic E-state index is 10.5. The van der Waals surface area contributed by atoms with E-state index >= 15 is 0 Å². The minimum Gasteiger partial charge on any atom is -0.360 e. The standard InChI is InChI=1S/C8H8N4O2S2/c1-2-9-8-11-10-7(16-8)5-3-4-6(15-5)12(13)14/h3-4H,2H2,1H3,(H,9,11). The summed E-state index contributed by atoms with van der Waals surface area (Å²) in [6, 6.07) is 3.17. The first-order valence-electron chi connectivity index (χ1n) is 4.52. The molecule has 8 heteroatoms. The summed E-state index contributed by atoms with van der Waals surface area (Å²) in [5.74, 6) is 0. The Balaban J connectivity index is 2.24. The van der Waals surface area contributed by atoms with Gasteiger partial charge >= 0.3 is 5.00 Å².